The first kappa shape index (κ1) is 14.0. The van der Waals surface area contributed by atoms with E-state index in [-0.39, 0.29) is 5.91 Å². The van der Waals surface area contributed by atoms with Crippen molar-refractivity contribution in [2.45, 2.75) is 26.3 Å². The fourth-order valence-corrected chi connectivity index (χ4v) is 1.82. The normalized spacial score (nSPS) is 11.3. The Bertz CT molecular complexity index is 561. The SMILES string of the molecule is CC(=CC(=O)NCc1cn[nH]n1)CCc1ccccc1. The topological polar surface area (TPSA) is 70.7 Å². The number of benzene rings is 1. The Morgan fingerprint density at radius 1 is 1.35 bits per heavy atom. The lowest BCUT2D eigenvalue weighted by atomic mass is 10.1. The first-order chi connectivity index (χ1) is 9.74. The number of hydrogen-bond donors (Lipinski definition) is 2. The number of hydrogen-bond acceptors (Lipinski definition) is 3. The van der Waals surface area contributed by atoms with Crippen LogP contribution in [-0.4, -0.2) is 21.3 Å². The number of nitrogens with one attached hydrogen (secondary N) is 2. The van der Waals surface area contributed by atoms with Crippen LogP contribution in [0.1, 0.15) is 24.6 Å². The van der Waals surface area contributed by atoms with E-state index in [4.69, 9.17) is 0 Å². The quantitative estimate of drug-likeness (QED) is 0.789. The maximum absolute atomic E-state index is 11.7. The molecule has 0 bridgehead atoms. The van der Waals surface area contributed by atoms with Gasteiger partial charge in [-0.05, 0) is 25.3 Å². The number of aryl methyl sites for hydroxylation is 1. The Labute approximate surface area is 118 Å². The van der Waals surface area contributed by atoms with Crippen molar-refractivity contribution in [2.24, 2.45) is 0 Å². The number of carbonyl (C=O) groups excluding carboxylic acids is 1. The van der Waals surface area contributed by atoms with Crippen LogP contribution >= 0.6 is 0 Å². The van der Waals surface area contributed by atoms with Gasteiger partial charge in [0.05, 0.1) is 12.7 Å². The van der Waals surface area contributed by atoms with Gasteiger partial charge in [0.15, 0.2) is 0 Å². The summed E-state index contributed by atoms with van der Waals surface area (Å²) in [5, 5.41) is 12.8. The van der Waals surface area contributed by atoms with E-state index < -0.39 is 0 Å². The number of rotatable bonds is 6. The molecule has 104 valence electrons. The van der Waals surface area contributed by atoms with E-state index in [2.05, 4.69) is 32.9 Å². The second-order valence-electron chi connectivity index (χ2n) is 4.66. The highest BCUT2D eigenvalue weighted by Crippen LogP contribution is 2.08. The molecule has 5 nitrogen and oxygen atoms in total. The highest BCUT2D eigenvalue weighted by molar-refractivity contribution is 5.88. The first-order valence-corrected chi connectivity index (χ1v) is 6.57. The molecule has 0 atom stereocenters. The Morgan fingerprint density at radius 2 is 2.15 bits per heavy atom. The fraction of sp³-hybridized carbons (Fsp3) is 0.267. The average molecular weight is 270 g/mol. The predicted molar refractivity (Wildman–Crippen MR) is 76.7 cm³/mol. The number of nitrogens with zero attached hydrogens (tertiary/aromatic N) is 2. The monoisotopic (exact) mass is 270 g/mol. The van der Waals surface area contributed by atoms with Crippen molar-refractivity contribution in [3.8, 4) is 0 Å². The fourth-order valence-electron chi connectivity index (χ4n) is 1.82. The maximum atomic E-state index is 11.7. The molecule has 1 aromatic carbocycles. The van der Waals surface area contributed by atoms with Crippen LogP contribution in [-0.2, 0) is 17.8 Å². The zero-order valence-corrected chi connectivity index (χ0v) is 11.5. The molecule has 0 spiro atoms. The lowest BCUT2D eigenvalue weighted by molar-refractivity contribution is -0.116. The Kier molecular flexibility index (Phi) is 5.06. The number of amides is 1. The van der Waals surface area contributed by atoms with Gasteiger partial charge >= 0.3 is 0 Å². The van der Waals surface area contributed by atoms with E-state index in [1.807, 2.05) is 25.1 Å². The number of carbonyl (C=O) groups is 1. The van der Waals surface area contributed by atoms with Gasteiger partial charge < -0.3 is 5.32 Å². The molecule has 2 aromatic rings. The van der Waals surface area contributed by atoms with Gasteiger partial charge in [0, 0.05) is 6.08 Å². The van der Waals surface area contributed by atoms with Crippen LogP contribution in [0.4, 0.5) is 0 Å². The Hall–Kier alpha value is -2.43. The molecule has 0 radical (unpaired) electrons. The van der Waals surface area contributed by atoms with Crippen molar-refractivity contribution in [3.63, 3.8) is 0 Å². The van der Waals surface area contributed by atoms with Crippen molar-refractivity contribution >= 4 is 5.91 Å². The van der Waals surface area contributed by atoms with Gasteiger partial charge in [0.25, 0.3) is 0 Å². The molecule has 1 heterocycles. The van der Waals surface area contributed by atoms with Gasteiger partial charge in [-0.2, -0.15) is 15.4 Å². The summed E-state index contributed by atoms with van der Waals surface area (Å²) in [6.45, 7) is 2.36. The highest BCUT2D eigenvalue weighted by Gasteiger charge is 2.01. The van der Waals surface area contributed by atoms with Crippen LogP contribution < -0.4 is 5.32 Å². The molecular weight excluding hydrogens is 252 g/mol. The summed E-state index contributed by atoms with van der Waals surface area (Å²) in [5.74, 6) is -0.0986. The summed E-state index contributed by atoms with van der Waals surface area (Å²) in [4.78, 5) is 11.7. The van der Waals surface area contributed by atoms with Crippen molar-refractivity contribution < 1.29 is 4.79 Å². The van der Waals surface area contributed by atoms with Crippen LogP contribution in [0, 0.1) is 0 Å². The molecule has 0 saturated heterocycles. The summed E-state index contributed by atoms with van der Waals surface area (Å²) in [6.07, 6.45) is 5.05. The molecule has 1 amide bonds. The Morgan fingerprint density at radius 3 is 2.85 bits per heavy atom. The van der Waals surface area contributed by atoms with Crippen molar-refractivity contribution in [2.75, 3.05) is 0 Å². The lowest BCUT2D eigenvalue weighted by Crippen LogP contribution is -2.21. The third kappa shape index (κ3) is 4.68. The van der Waals surface area contributed by atoms with Gasteiger partial charge in [-0.15, -0.1) is 0 Å². The van der Waals surface area contributed by atoms with Gasteiger partial charge in [0.1, 0.15) is 5.69 Å². The predicted octanol–water partition coefficient (Wildman–Crippen LogP) is 2.00. The summed E-state index contributed by atoms with van der Waals surface area (Å²) in [6, 6.07) is 10.2. The minimum Gasteiger partial charge on any atom is -0.347 e. The van der Waals surface area contributed by atoms with Gasteiger partial charge in [-0.25, -0.2) is 0 Å². The molecule has 0 aliphatic rings. The first-order valence-electron chi connectivity index (χ1n) is 6.57. The highest BCUT2D eigenvalue weighted by atomic mass is 16.1. The number of H-pyrrole nitrogens is 1. The third-order valence-electron chi connectivity index (χ3n) is 2.94. The van der Waals surface area contributed by atoms with E-state index >= 15 is 0 Å². The maximum Gasteiger partial charge on any atom is 0.244 e. The number of allylic oxidation sites excluding steroid dienone is 1. The molecule has 5 heteroatoms. The molecule has 1 aromatic heterocycles. The molecule has 0 unspecified atom stereocenters. The van der Waals surface area contributed by atoms with E-state index in [0.717, 1.165) is 18.4 Å². The van der Waals surface area contributed by atoms with Crippen LogP contribution in [0.5, 0.6) is 0 Å². The van der Waals surface area contributed by atoms with E-state index in [1.165, 1.54) is 5.56 Å². The minimum atomic E-state index is -0.0986. The van der Waals surface area contributed by atoms with E-state index in [1.54, 1.807) is 12.3 Å². The summed E-state index contributed by atoms with van der Waals surface area (Å²) >= 11 is 0. The molecule has 0 fully saturated rings. The number of aromatic nitrogens is 3. The minimum absolute atomic E-state index is 0.0986. The van der Waals surface area contributed by atoms with Crippen LogP contribution in [0.15, 0.2) is 48.2 Å². The molecule has 0 aliphatic heterocycles. The Balaban J connectivity index is 1.76. The second kappa shape index (κ2) is 7.23. The number of aromatic amines is 1. The van der Waals surface area contributed by atoms with Crippen LogP contribution in [0.2, 0.25) is 0 Å². The van der Waals surface area contributed by atoms with E-state index in [9.17, 15) is 4.79 Å². The smallest absolute Gasteiger partial charge is 0.244 e. The molecule has 2 N–H and O–H groups in total. The van der Waals surface area contributed by atoms with Crippen molar-refractivity contribution in [1.82, 2.24) is 20.7 Å². The zero-order chi connectivity index (χ0) is 14.2. The summed E-state index contributed by atoms with van der Waals surface area (Å²) in [7, 11) is 0. The van der Waals surface area contributed by atoms with E-state index in [0.29, 0.717) is 12.2 Å². The third-order valence-corrected chi connectivity index (χ3v) is 2.94. The molecule has 2 rings (SSSR count). The van der Waals surface area contributed by atoms with Crippen LogP contribution in [0.25, 0.3) is 0 Å². The summed E-state index contributed by atoms with van der Waals surface area (Å²) in [5.41, 5.74) is 3.06. The second-order valence-corrected chi connectivity index (χ2v) is 4.66. The average Bonchev–Trinajstić information content (AvgIpc) is 2.97. The zero-order valence-electron chi connectivity index (χ0n) is 11.5. The molecular formula is C15H18N4O. The van der Waals surface area contributed by atoms with Gasteiger partial charge in [-0.1, -0.05) is 35.9 Å². The van der Waals surface area contributed by atoms with Gasteiger partial charge in [-0.3, -0.25) is 4.79 Å². The summed E-state index contributed by atoms with van der Waals surface area (Å²) < 4.78 is 0. The molecule has 20 heavy (non-hydrogen) atoms. The largest absolute Gasteiger partial charge is 0.347 e. The van der Waals surface area contributed by atoms with Crippen molar-refractivity contribution in [1.29, 1.82) is 0 Å². The standard InChI is InChI=1S/C15H18N4O/c1-12(7-8-13-5-3-2-4-6-13)9-15(20)16-10-14-11-17-19-18-14/h2-6,9,11H,7-8,10H2,1H3,(H,16,20)(H,17,18,19). The molecule has 0 aliphatic carbocycles. The van der Waals surface area contributed by atoms with Crippen molar-refractivity contribution in [3.05, 3.63) is 59.4 Å². The molecule has 0 saturated carbocycles. The van der Waals surface area contributed by atoms with Gasteiger partial charge in [0.2, 0.25) is 5.91 Å². The lowest BCUT2D eigenvalue weighted by Gasteiger charge is -2.03. The van der Waals surface area contributed by atoms with Crippen LogP contribution in [0.3, 0.4) is 0 Å².